The van der Waals surface area contributed by atoms with Gasteiger partial charge in [-0.25, -0.2) is 8.42 Å². The second-order valence-corrected chi connectivity index (χ2v) is 9.42. The highest BCUT2D eigenvalue weighted by Crippen LogP contribution is 2.19. The van der Waals surface area contributed by atoms with Gasteiger partial charge in [0.25, 0.3) is 0 Å². The van der Waals surface area contributed by atoms with Gasteiger partial charge in [0, 0.05) is 36.7 Å². The summed E-state index contributed by atoms with van der Waals surface area (Å²) in [5, 5.41) is 0. The van der Waals surface area contributed by atoms with Gasteiger partial charge in [-0.2, -0.15) is 0 Å². The van der Waals surface area contributed by atoms with E-state index in [1.165, 1.54) is 0 Å². The van der Waals surface area contributed by atoms with E-state index in [0.29, 0.717) is 25.3 Å². The predicted octanol–water partition coefficient (Wildman–Crippen LogP) is 1.32. The topological polar surface area (TPSA) is 57.7 Å². The molecule has 0 unspecified atom stereocenters. The molecular weight excluding hydrogens is 380 g/mol. The smallest absolute Gasteiger partial charge is 0.227 e. The maximum Gasteiger partial charge on any atom is 0.227 e. The Morgan fingerprint density at radius 1 is 1.13 bits per heavy atom. The normalized spacial score (nSPS) is 24.7. The number of carbonyl (C=O) groups is 1. The zero-order valence-corrected chi connectivity index (χ0v) is 15.4. The van der Waals surface area contributed by atoms with Crippen molar-refractivity contribution in [2.24, 2.45) is 0 Å². The molecule has 0 spiro atoms. The number of hydrogen-bond acceptors (Lipinski definition) is 4. The third-order valence-electron chi connectivity index (χ3n) is 4.66. The largest absolute Gasteiger partial charge is 0.340 e. The molecule has 1 aromatic rings. The van der Waals surface area contributed by atoms with Crippen molar-refractivity contribution in [2.75, 3.05) is 37.7 Å². The fourth-order valence-corrected chi connectivity index (χ4v) is 5.31. The van der Waals surface area contributed by atoms with Crippen LogP contribution in [0.1, 0.15) is 12.0 Å². The number of benzene rings is 1. The minimum Gasteiger partial charge on any atom is -0.340 e. The molecule has 0 aromatic heterocycles. The molecule has 5 nitrogen and oxygen atoms in total. The lowest BCUT2D eigenvalue weighted by atomic mass is 10.1. The summed E-state index contributed by atoms with van der Waals surface area (Å²) in [5.41, 5.74) is 1.02. The molecule has 2 aliphatic rings. The first-order chi connectivity index (χ1) is 10.9. The van der Waals surface area contributed by atoms with Crippen molar-refractivity contribution in [3.63, 3.8) is 0 Å². The maximum atomic E-state index is 12.4. The minimum atomic E-state index is -2.84. The first-order valence-corrected chi connectivity index (χ1v) is 10.5. The molecule has 0 aliphatic carbocycles. The molecule has 7 heteroatoms. The molecule has 23 heavy (non-hydrogen) atoms. The fraction of sp³-hybridized carbons (Fsp3) is 0.562. The van der Waals surface area contributed by atoms with Gasteiger partial charge in [-0.3, -0.25) is 9.69 Å². The molecule has 2 heterocycles. The van der Waals surface area contributed by atoms with Crippen molar-refractivity contribution < 1.29 is 13.2 Å². The summed E-state index contributed by atoms with van der Waals surface area (Å²) in [6.45, 7) is 2.91. The van der Waals surface area contributed by atoms with Gasteiger partial charge in [0.05, 0.1) is 17.9 Å². The van der Waals surface area contributed by atoms with E-state index in [2.05, 4.69) is 20.8 Å². The standard InChI is InChI=1S/C16H21BrN2O3S/c17-14-3-1-13(2-4-14)11-16(20)19-8-6-18(7-9-19)15-5-10-23(21,22)12-15/h1-4,15H,5-12H2/t15-/m1/s1. The predicted molar refractivity (Wildman–Crippen MR) is 93.1 cm³/mol. The van der Waals surface area contributed by atoms with Gasteiger partial charge in [-0.1, -0.05) is 28.1 Å². The molecule has 0 radical (unpaired) electrons. The first-order valence-electron chi connectivity index (χ1n) is 7.90. The molecular formula is C16H21BrN2O3S. The van der Waals surface area contributed by atoms with Crippen LogP contribution in [0.4, 0.5) is 0 Å². The molecule has 0 N–H and O–H groups in total. The SMILES string of the molecule is O=C(Cc1ccc(Br)cc1)N1CCN([C@@H]2CCS(=O)(=O)C2)CC1. The van der Waals surface area contributed by atoms with Crippen molar-refractivity contribution in [3.05, 3.63) is 34.3 Å². The number of sulfone groups is 1. The number of nitrogens with zero attached hydrogens (tertiary/aromatic N) is 2. The molecule has 126 valence electrons. The van der Waals surface area contributed by atoms with Crippen LogP contribution in [0.5, 0.6) is 0 Å². The summed E-state index contributed by atoms with van der Waals surface area (Å²) in [4.78, 5) is 16.5. The molecule has 2 saturated heterocycles. The van der Waals surface area contributed by atoms with Gasteiger partial charge in [-0.05, 0) is 24.1 Å². The Hall–Kier alpha value is -0.920. The maximum absolute atomic E-state index is 12.4. The van der Waals surface area contributed by atoms with Crippen molar-refractivity contribution >= 4 is 31.7 Å². The highest BCUT2D eigenvalue weighted by atomic mass is 79.9. The summed E-state index contributed by atoms with van der Waals surface area (Å²) in [6, 6.07) is 7.95. The van der Waals surface area contributed by atoms with E-state index in [0.717, 1.165) is 29.5 Å². The van der Waals surface area contributed by atoms with Gasteiger partial charge >= 0.3 is 0 Å². The summed E-state index contributed by atoms with van der Waals surface area (Å²) < 4.78 is 24.2. The molecule has 2 aliphatic heterocycles. The number of hydrogen-bond donors (Lipinski definition) is 0. The minimum absolute atomic E-state index is 0.142. The van der Waals surface area contributed by atoms with Crippen molar-refractivity contribution in [1.82, 2.24) is 9.80 Å². The van der Waals surface area contributed by atoms with E-state index in [-0.39, 0.29) is 17.7 Å². The summed E-state index contributed by atoms with van der Waals surface area (Å²) >= 11 is 3.39. The van der Waals surface area contributed by atoms with Crippen molar-refractivity contribution in [3.8, 4) is 0 Å². The van der Waals surface area contributed by atoms with Gasteiger partial charge < -0.3 is 4.90 Å². The van der Waals surface area contributed by atoms with Crippen molar-refractivity contribution in [1.29, 1.82) is 0 Å². The van der Waals surface area contributed by atoms with Gasteiger partial charge in [0.2, 0.25) is 5.91 Å². The van der Waals surface area contributed by atoms with E-state index in [1.807, 2.05) is 29.2 Å². The summed E-state index contributed by atoms with van der Waals surface area (Å²) in [6.07, 6.45) is 1.15. The fourth-order valence-electron chi connectivity index (χ4n) is 3.29. The highest BCUT2D eigenvalue weighted by Gasteiger charge is 2.34. The van der Waals surface area contributed by atoms with Crippen LogP contribution >= 0.6 is 15.9 Å². The molecule has 0 bridgehead atoms. The van der Waals surface area contributed by atoms with E-state index in [9.17, 15) is 13.2 Å². The number of carbonyl (C=O) groups excluding carboxylic acids is 1. The summed E-state index contributed by atoms with van der Waals surface area (Å²) in [5.74, 6) is 0.728. The summed E-state index contributed by atoms with van der Waals surface area (Å²) in [7, 11) is -2.84. The zero-order chi connectivity index (χ0) is 16.4. The van der Waals surface area contributed by atoms with Crippen LogP contribution in [0, 0.1) is 0 Å². The van der Waals surface area contributed by atoms with E-state index < -0.39 is 9.84 Å². The van der Waals surface area contributed by atoms with E-state index in [4.69, 9.17) is 0 Å². The molecule has 0 saturated carbocycles. The molecule has 2 fully saturated rings. The number of rotatable bonds is 3. The van der Waals surface area contributed by atoms with Gasteiger partial charge in [0.1, 0.15) is 0 Å². The third kappa shape index (κ3) is 4.33. The number of amides is 1. The molecule has 3 rings (SSSR count). The molecule has 1 amide bonds. The van der Waals surface area contributed by atoms with Crippen LogP contribution in [-0.2, 0) is 21.1 Å². The lowest BCUT2D eigenvalue weighted by molar-refractivity contribution is -0.132. The number of piperazine rings is 1. The lowest BCUT2D eigenvalue weighted by Crippen LogP contribution is -2.52. The molecule has 1 aromatic carbocycles. The Bertz CT molecular complexity index is 667. The highest BCUT2D eigenvalue weighted by molar-refractivity contribution is 9.10. The third-order valence-corrected chi connectivity index (χ3v) is 6.94. The lowest BCUT2D eigenvalue weighted by Gasteiger charge is -2.37. The van der Waals surface area contributed by atoms with Crippen LogP contribution in [-0.4, -0.2) is 67.9 Å². The first kappa shape index (κ1) is 16.9. The van der Waals surface area contributed by atoms with Crippen LogP contribution in [0.3, 0.4) is 0 Å². The Morgan fingerprint density at radius 3 is 2.35 bits per heavy atom. The van der Waals surface area contributed by atoms with E-state index in [1.54, 1.807) is 0 Å². The van der Waals surface area contributed by atoms with Crippen LogP contribution in [0.2, 0.25) is 0 Å². The van der Waals surface area contributed by atoms with Crippen molar-refractivity contribution in [2.45, 2.75) is 18.9 Å². The Morgan fingerprint density at radius 2 is 1.78 bits per heavy atom. The molecule has 1 atom stereocenters. The second-order valence-electron chi connectivity index (χ2n) is 6.28. The number of halogens is 1. The van der Waals surface area contributed by atoms with Gasteiger partial charge in [0.15, 0.2) is 9.84 Å². The zero-order valence-electron chi connectivity index (χ0n) is 12.9. The monoisotopic (exact) mass is 400 g/mol. The van der Waals surface area contributed by atoms with Crippen LogP contribution < -0.4 is 0 Å². The average molecular weight is 401 g/mol. The quantitative estimate of drug-likeness (QED) is 0.767. The van der Waals surface area contributed by atoms with Gasteiger partial charge in [-0.15, -0.1) is 0 Å². The Balaban J connectivity index is 1.50. The second kappa shape index (κ2) is 6.91. The average Bonchev–Trinajstić information content (AvgIpc) is 2.90. The van der Waals surface area contributed by atoms with Crippen LogP contribution in [0.25, 0.3) is 0 Å². The van der Waals surface area contributed by atoms with Crippen LogP contribution in [0.15, 0.2) is 28.7 Å². The Labute approximate surface area is 145 Å². The Kier molecular flexibility index (Phi) is 5.08. The van der Waals surface area contributed by atoms with E-state index >= 15 is 0 Å².